The van der Waals surface area contributed by atoms with E-state index in [0.29, 0.717) is 25.2 Å². The third kappa shape index (κ3) is 3.59. The average molecular weight is 304 g/mol. The van der Waals surface area contributed by atoms with E-state index in [0.717, 1.165) is 4.90 Å². The molecule has 22 heavy (non-hydrogen) atoms. The van der Waals surface area contributed by atoms with Crippen LogP contribution >= 0.6 is 0 Å². The molecule has 1 heterocycles. The second-order valence-corrected chi connectivity index (χ2v) is 5.00. The van der Waals surface area contributed by atoms with Gasteiger partial charge in [0.05, 0.1) is 18.2 Å². The van der Waals surface area contributed by atoms with Gasteiger partial charge in [-0.15, -0.1) is 0 Å². The van der Waals surface area contributed by atoms with Crippen LogP contribution < -0.4 is 5.32 Å². The van der Waals surface area contributed by atoms with Crippen molar-refractivity contribution >= 4 is 11.9 Å². The number of rotatable bonds is 5. The van der Waals surface area contributed by atoms with Crippen molar-refractivity contribution in [3.8, 4) is 6.07 Å². The normalized spacial score (nSPS) is 14.1. The number of benzene rings is 1. The van der Waals surface area contributed by atoms with Gasteiger partial charge in [0, 0.05) is 25.2 Å². The summed E-state index contributed by atoms with van der Waals surface area (Å²) in [5, 5.41) is 11.3. The Morgan fingerprint density at radius 2 is 2.32 bits per heavy atom. The molecule has 0 aromatic heterocycles. The summed E-state index contributed by atoms with van der Waals surface area (Å²) in [6.07, 6.45) is 0. The van der Waals surface area contributed by atoms with Crippen LogP contribution in [-0.4, -0.2) is 47.9 Å². The van der Waals surface area contributed by atoms with E-state index in [1.54, 1.807) is 17.0 Å². The minimum absolute atomic E-state index is 0.0450. The number of nitriles is 1. The third-order valence-electron chi connectivity index (χ3n) is 3.54. The Balaban J connectivity index is 2.02. The quantitative estimate of drug-likeness (QED) is 0.883. The zero-order chi connectivity index (χ0) is 16.1. The fourth-order valence-electron chi connectivity index (χ4n) is 2.25. The van der Waals surface area contributed by atoms with E-state index in [1.807, 2.05) is 13.0 Å². The van der Waals surface area contributed by atoms with Gasteiger partial charge in [0.15, 0.2) is 0 Å². The summed E-state index contributed by atoms with van der Waals surface area (Å²) in [4.78, 5) is 26.5. The van der Waals surface area contributed by atoms with E-state index in [9.17, 15) is 14.0 Å². The Kier molecular flexibility index (Phi) is 5.07. The molecule has 1 aromatic rings. The average Bonchev–Trinajstić information content (AvgIpc) is 2.94. The first kappa shape index (κ1) is 15.9. The van der Waals surface area contributed by atoms with Crippen molar-refractivity contribution in [3.05, 3.63) is 35.1 Å². The molecular formula is C15H17FN4O2. The smallest absolute Gasteiger partial charge is 0.324 e. The molecule has 1 saturated heterocycles. The van der Waals surface area contributed by atoms with Crippen LogP contribution in [0.25, 0.3) is 0 Å². The number of likely N-dealkylation sites (N-methyl/N-ethyl adjacent to an activating group) is 1. The minimum Gasteiger partial charge on any atom is -0.336 e. The van der Waals surface area contributed by atoms with Crippen molar-refractivity contribution in [1.29, 1.82) is 5.26 Å². The maximum Gasteiger partial charge on any atom is 0.324 e. The molecule has 0 radical (unpaired) electrons. The SMILES string of the molecule is CCN(CC(=O)N1CCNC1=O)Cc1ccc(C#N)cc1F. The lowest BCUT2D eigenvalue weighted by atomic mass is 10.1. The van der Waals surface area contributed by atoms with Gasteiger partial charge in [0.25, 0.3) is 0 Å². The van der Waals surface area contributed by atoms with Crippen LogP contribution in [0.4, 0.5) is 9.18 Å². The number of urea groups is 1. The fourth-order valence-corrected chi connectivity index (χ4v) is 2.25. The van der Waals surface area contributed by atoms with Crippen LogP contribution in [0, 0.1) is 17.1 Å². The highest BCUT2D eigenvalue weighted by Crippen LogP contribution is 2.13. The molecule has 116 valence electrons. The predicted octanol–water partition coefficient (Wildman–Crippen LogP) is 1.07. The lowest BCUT2D eigenvalue weighted by molar-refractivity contribution is -0.128. The van der Waals surface area contributed by atoms with Gasteiger partial charge in [0.1, 0.15) is 5.82 Å². The number of hydrogen-bond donors (Lipinski definition) is 1. The van der Waals surface area contributed by atoms with Crippen LogP contribution in [0.3, 0.4) is 0 Å². The highest BCUT2D eigenvalue weighted by atomic mass is 19.1. The van der Waals surface area contributed by atoms with Crippen molar-refractivity contribution < 1.29 is 14.0 Å². The van der Waals surface area contributed by atoms with Gasteiger partial charge in [-0.1, -0.05) is 13.0 Å². The van der Waals surface area contributed by atoms with Crippen LogP contribution in [0.1, 0.15) is 18.1 Å². The summed E-state index contributed by atoms with van der Waals surface area (Å²) in [5.74, 6) is -0.769. The molecule has 0 bridgehead atoms. The van der Waals surface area contributed by atoms with E-state index in [1.165, 1.54) is 6.07 Å². The first-order chi connectivity index (χ1) is 10.5. The van der Waals surface area contributed by atoms with Crippen molar-refractivity contribution in [2.45, 2.75) is 13.5 Å². The number of hydrogen-bond acceptors (Lipinski definition) is 4. The van der Waals surface area contributed by atoms with E-state index in [2.05, 4.69) is 5.32 Å². The zero-order valence-corrected chi connectivity index (χ0v) is 12.3. The Hall–Kier alpha value is -2.46. The molecule has 1 N–H and O–H groups in total. The molecular weight excluding hydrogens is 287 g/mol. The molecule has 1 aliphatic rings. The van der Waals surface area contributed by atoms with Crippen molar-refractivity contribution in [2.24, 2.45) is 0 Å². The molecule has 1 aliphatic heterocycles. The summed E-state index contributed by atoms with van der Waals surface area (Å²) >= 11 is 0. The van der Waals surface area contributed by atoms with Crippen molar-refractivity contribution in [1.82, 2.24) is 15.1 Å². The molecule has 0 atom stereocenters. The maximum atomic E-state index is 13.9. The second-order valence-electron chi connectivity index (χ2n) is 5.00. The van der Waals surface area contributed by atoms with Gasteiger partial charge in [-0.25, -0.2) is 9.18 Å². The van der Waals surface area contributed by atoms with Gasteiger partial charge in [-0.05, 0) is 18.7 Å². The number of imide groups is 1. The van der Waals surface area contributed by atoms with Crippen molar-refractivity contribution in [2.75, 3.05) is 26.2 Å². The van der Waals surface area contributed by atoms with Gasteiger partial charge in [-0.3, -0.25) is 14.6 Å². The topological polar surface area (TPSA) is 76.4 Å². The molecule has 0 unspecified atom stereocenters. The molecule has 0 aliphatic carbocycles. The summed E-state index contributed by atoms with van der Waals surface area (Å²) in [6, 6.07) is 5.76. The highest BCUT2D eigenvalue weighted by molar-refractivity contribution is 5.96. The standard InChI is InChI=1S/C15H17FN4O2/c1-2-19(10-14(21)20-6-5-18-15(20)22)9-12-4-3-11(8-17)7-13(12)16/h3-4,7H,2,5-6,9-10H2,1H3,(H,18,22). The van der Waals surface area contributed by atoms with Gasteiger partial charge in [0.2, 0.25) is 5.91 Å². The first-order valence-electron chi connectivity index (χ1n) is 7.04. The Morgan fingerprint density at radius 3 is 2.86 bits per heavy atom. The molecule has 7 heteroatoms. The number of amides is 3. The number of nitrogens with one attached hydrogen (secondary N) is 1. The first-order valence-corrected chi connectivity index (χ1v) is 7.04. The fraction of sp³-hybridized carbons (Fsp3) is 0.400. The lowest BCUT2D eigenvalue weighted by Gasteiger charge is -2.22. The molecule has 6 nitrogen and oxygen atoms in total. The van der Waals surface area contributed by atoms with E-state index < -0.39 is 5.82 Å². The summed E-state index contributed by atoms with van der Waals surface area (Å²) in [7, 11) is 0. The number of carbonyl (C=O) groups excluding carboxylic acids is 2. The predicted molar refractivity (Wildman–Crippen MR) is 77.2 cm³/mol. The molecule has 3 amide bonds. The van der Waals surface area contributed by atoms with Gasteiger partial charge >= 0.3 is 6.03 Å². The monoisotopic (exact) mass is 304 g/mol. The van der Waals surface area contributed by atoms with Crippen LogP contribution in [0.15, 0.2) is 18.2 Å². The molecule has 1 aromatic carbocycles. The number of carbonyl (C=O) groups is 2. The second kappa shape index (κ2) is 7.00. The third-order valence-corrected chi connectivity index (χ3v) is 3.54. The maximum absolute atomic E-state index is 13.9. The molecule has 1 fully saturated rings. The number of halogens is 1. The summed E-state index contributed by atoms with van der Waals surface area (Å²) in [6.45, 7) is 3.51. The summed E-state index contributed by atoms with van der Waals surface area (Å²) < 4.78 is 13.9. The zero-order valence-electron chi connectivity index (χ0n) is 12.3. The highest BCUT2D eigenvalue weighted by Gasteiger charge is 2.27. The Morgan fingerprint density at radius 1 is 1.55 bits per heavy atom. The van der Waals surface area contributed by atoms with Crippen LogP contribution in [0.2, 0.25) is 0 Å². The Bertz CT molecular complexity index is 626. The van der Waals surface area contributed by atoms with Crippen LogP contribution in [-0.2, 0) is 11.3 Å². The van der Waals surface area contributed by atoms with Crippen molar-refractivity contribution in [3.63, 3.8) is 0 Å². The summed E-state index contributed by atoms with van der Waals surface area (Å²) in [5.41, 5.74) is 0.675. The molecule has 2 rings (SSSR count). The molecule has 0 saturated carbocycles. The lowest BCUT2D eigenvalue weighted by Crippen LogP contribution is -2.41. The largest absolute Gasteiger partial charge is 0.336 e. The van der Waals surface area contributed by atoms with E-state index in [-0.39, 0.29) is 30.6 Å². The van der Waals surface area contributed by atoms with Gasteiger partial charge in [-0.2, -0.15) is 5.26 Å². The van der Waals surface area contributed by atoms with Gasteiger partial charge < -0.3 is 5.32 Å². The molecule has 0 spiro atoms. The minimum atomic E-state index is -0.469. The Labute approximate surface area is 128 Å². The number of nitrogens with zero attached hydrogens (tertiary/aromatic N) is 3. The van der Waals surface area contributed by atoms with E-state index >= 15 is 0 Å². The van der Waals surface area contributed by atoms with E-state index in [4.69, 9.17) is 5.26 Å². The van der Waals surface area contributed by atoms with Crippen LogP contribution in [0.5, 0.6) is 0 Å².